The number of aliphatic hydroxyl groups is 1. The van der Waals surface area contributed by atoms with Crippen molar-refractivity contribution in [2.24, 2.45) is 0 Å². The van der Waals surface area contributed by atoms with Gasteiger partial charge in [0.05, 0.1) is 17.7 Å². The van der Waals surface area contributed by atoms with Gasteiger partial charge >= 0.3 is 0 Å². The lowest BCUT2D eigenvalue weighted by atomic mass is 10.1. The number of hydrogen-bond donors (Lipinski definition) is 1. The smallest absolute Gasteiger partial charge is 0.133 e. The Morgan fingerprint density at radius 1 is 1.24 bits per heavy atom. The summed E-state index contributed by atoms with van der Waals surface area (Å²) in [6, 6.07) is 10.0. The summed E-state index contributed by atoms with van der Waals surface area (Å²) in [4.78, 5) is 0. The van der Waals surface area contributed by atoms with Crippen molar-refractivity contribution in [2.45, 2.75) is 19.6 Å². The van der Waals surface area contributed by atoms with E-state index < -0.39 is 11.9 Å². The predicted molar refractivity (Wildman–Crippen MR) is 82.1 cm³/mol. The van der Waals surface area contributed by atoms with Crippen molar-refractivity contribution in [1.29, 1.82) is 0 Å². The molecule has 0 heterocycles. The van der Waals surface area contributed by atoms with Crippen molar-refractivity contribution in [3.8, 4) is 11.5 Å². The van der Waals surface area contributed by atoms with Gasteiger partial charge in [-0.05, 0) is 52.7 Å². The van der Waals surface area contributed by atoms with Crippen LogP contribution in [0, 0.1) is 5.82 Å². The van der Waals surface area contributed by atoms with Crippen LogP contribution in [0.25, 0.3) is 0 Å². The highest BCUT2D eigenvalue weighted by Crippen LogP contribution is 2.27. The maximum atomic E-state index is 13.7. The highest BCUT2D eigenvalue weighted by molar-refractivity contribution is 9.10. The van der Waals surface area contributed by atoms with Gasteiger partial charge in [-0.15, -0.1) is 0 Å². The van der Waals surface area contributed by atoms with E-state index in [-0.39, 0.29) is 5.56 Å². The Morgan fingerprint density at radius 2 is 2.00 bits per heavy atom. The van der Waals surface area contributed by atoms with Crippen LogP contribution in [0.15, 0.2) is 40.9 Å². The Hall–Kier alpha value is -1.59. The van der Waals surface area contributed by atoms with Crippen LogP contribution < -0.4 is 9.47 Å². The van der Waals surface area contributed by atoms with Gasteiger partial charge in [-0.3, -0.25) is 0 Å². The molecule has 5 heteroatoms. The van der Waals surface area contributed by atoms with Crippen LogP contribution in [-0.2, 0) is 6.61 Å². The van der Waals surface area contributed by atoms with Crippen molar-refractivity contribution in [1.82, 2.24) is 0 Å². The average Bonchev–Trinajstić information content (AvgIpc) is 2.45. The molecule has 0 saturated heterocycles. The third kappa shape index (κ3) is 3.95. The van der Waals surface area contributed by atoms with Gasteiger partial charge in [0.2, 0.25) is 0 Å². The Labute approximate surface area is 131 Å². The minimum Gasteiger partial charge on any atom is -0.496 e. The lowest BCUT2D eigenvalue weighted by Gasteiger charge is -2.11. The van der Waals surface area contributed by atoms with Crippen LogP contribution in [0.2, 0.25) is 0 Å². The highest BCUT2D eigenvalue weighted by atomic mass is 79.9. The molecule has 1 N–H and O–H groups in total. The fraction of sp³-hybridized carbons (Fsp3) is 0.250. The molecule has 3 nitrogen and oxygen atoms in total. The van der Waals surface area contributed by atoms with Gasteiger partial charge in [-0.1, -0.05) is 6.07 Å². The van der Waals surface area contributed by atoms with Crippen LogP contribution in [-0.4, -0.2) is 12.2 Å². The van der Waals surface area contributed by atoms with Gasteiger partial charge in [0.25, 0.3) is 0 Å². The van der Waals surface area contributed by atoms with E-state index >= 15 is 0 Å². The summed E-state index contributed by atoms with van der Waals surface area (Å²) in [5, 5.41) is 9.39. The van der Waals surface area contributed by atoms with E-state index in [1.165, 1.54) is 19.1 Å². The molecule has 0 unspecified atom stereocenters. The summed E-state index contributed by atoms with van der Waals surface area (Å²) in [5.41, 5.74) is 1.19. The molecule has 1 atom stereocenters. The first kappa shape index (κ1) is 15.8. The van der Waals surface area contributed by atoms with Gasteiger partial charge in [0.1, 0.15) is 23.9 Å². The maximum absolute atomic E-state index is 13.7. The summed E-state index contributed by atoms with van der Waals surface area (Å²) in [6.45, 7) is 1.84. The molecule has 112 valence electrons. The van der Waals surface area contributed by atoms with Crippen LogP contribution in [0.5, 0.6) is 11.5 Å². The SMILES string of the molecule is COc1ccc(COc2ccc([C@@H](C)O)c(F)c2)cc1Br. The second-order valence-electron chi connectivity index (χ2n) is 4.62. The Kier molecular flexibility index (Phi) is 5.20. The van der Waals surface area contributed by atoms with Gasteiger partial charge in [-0.2, -0.15) is 0 Å². The first-order valence-electron chi connectivity index (χ1n) is 6.44. The van der Waals surface area contributed by atoms with Gasteiger partial charge in [0.15, 0.2) is 0 Å². The second kappa shape index (κ2) is 6.91. The fourth-order valence-electron chi connectivity index (χ4n) is 1.90. The molecule has 0 fully saturated rings. The quantitative estimate of drug-likeness (QED) is 0.873. The molecule has 0 radical (unpaired) electrons. The number of aliphatic hydroxyl groups excluding tert-OH is 1. The van der Waals surface area contributed by atoms with Crippen LogP contribution in [0.4, 0.5) is 4.39 Å². The summed E-state index contributed by atoms with van der Waals surface area (Å²) in [7, 11) is 1.60. The molecule has 0 aliphatic heterocycles. The number of halogens is 2. The van der Waals surface area contributed by atoms with Crippen molar-refractivity contribution in [2.75, 3.05) is 7.11 Å². The van der Waals surface area contributed by atoms with Gasteiger partial charge in [0, 0.05) is 11.6 Å². The topological polar surface area (TPSA) is 38.7 Å². The van der Waals surface area contributed by atoms with Gasteiger partial charge in [-0.25, -0.2) is 4.39 Å². The average molecular weight is 355 g/mol. The molecule has 0 bridgehead atoms. The lowest BCUT2D eigenvalue weighted by Crippen LogP contribution is -1.99. The van der Waals surface area contributed by atoms with Crippen molar-refractivity contribution in [3.63, 3.8) is 0 Å². The summed E-state index contributed by atoms with van der Waals surface area (Å²) >= 11 is 3.40. The zero-order valence-electron chi connectivity index (χ0n) is 11.8. The molecule has 0 amide bonds. The first-order chi connectivity index (χ1) is 10.0. The molecule has 0 aliphatic carbocycles. The minimum absolute atomic E-state index is 0.259. The van der Waals surface area contributed by atoms with Crippen LogP contribution >= 0.6 is 15.9 Å². The molecular weight excluding hydrogens is 339 g/mol. The first-order valence-corrected chi connectivity index (χ1v) is 7.23. The molecule has 0 saturated carbocycles. The summed E-state index contributed by atoms with van der Waals surface area (Å²) in [5.74, 6) is 0.688. The Bertz CT molecular complexity index is 629. The molecule has 2 aromatic carbocycles. The maximum Gasteiger partial charge on any atom is 0.133 e. The molecular formula is C16H16BrFO3. The third-order valence-corrected chi connectivity index (χ3v) is 3.66. The number of rotatable bonds is 5. The van der Waals surface area contributed by atoms with E-state index in [4.69, 9.17) is 9.47 Å². The number of methoxy groups -OCH3 is 1. The van der Waals surface area contributed by atoms with Crippen molar-refractivity contribution >= 4 is 15.9 Å². The van der Waals surface area contributed by atoms with Crippen LogP contribution in [0.1, 0.15) is 24.2 Å². The second-order valence-corrected chi connectivity index (χ2v) is 5.47. The largest absolute Gasteiger partial charge is 0.496 e. The Morgan fingerprint density at radius 3 is 2.57 bits per heavy atom. The van der Waals surface area contributed by atoms with E-state index in [1.807, 2.05) is 18.2 Å². The van der Waals surface area contributed by atoms with E-state index in [9.17, 15) is 9.50 Å². The predicted octanol–water partition coefficient (Wildman–Crippen LogP) is 4.23. The highest BCUT2D eigenvalue weighted by Gasteiger charge is 2.09. The van der Waals surface area contributed by atoms with E-state index in [0.717, 1.165) is 15.8 Å². The van der Waals surface area contributed by atoms with E-state index in [0.29, 0.717) is 12.4 Å². The normalized spacial score (nSPS) is 12.0. The molecule has 0 aromatic heterocycles. The molecule has 0 aliphatic rings. The number of benzene rings is 2. The van der Waals surface area contributed by atoms with Crippen LogP contribution in [0.3, 0.4) is 0 Å². The number of ether oxygens (including phenoxy) is 2. The lowest BCUT2D eigenvalue weighted by molar-refractivity contribution is 0.194. The van der Waals surface area contributed by atoms with Crippen molar-refractivity contribution in [3.05, 3.63) is 57.8 Å². The zero-order chi connectivity index (χ0) is 15.4. The third-order valence-electron chi connectivity index (χ3n) is 3.04. The summed E-state index contributed by atoms with van der Waals surface area (Å²) in [6.07, 6.45) is -0.836. The summed E-state index contributed by atoms with van der Waals surface area (Å²) < 4.78 is 25.3. The van der Waals surface area contributed by atoms with E-state index in [1.54, 1.807) is 13.2 Å². The standard InChI is InChI=1S/C16H16BrFO3/c1-10(19)13-5-4-12(8-15(13)18)21-9-11-3-6-16(20-2)14(17)7-11/h3-8,10,19H,9H2,1-2H3/t10-/m1/s1. The molecule has 21 heavy (non-hydrogen) atoms. The number of hydrogen-bond acceptors (Lipinski definition) is 3. The van der Waals surface area contributed by atoms with Crippen molar-refractivity contribution < 1.29 is 19.0 Å². The molecule has 0 spiro atoms. The van der Waals surface area contributed by atoms with Gasteiger partial charge < -0.3 is 14.6 Å². The minimum atomic E-state index is -0.836. The van der Waals surface area contributed by atoms with E-state index in [2.05, 4.69) is 15.9 Å². The fourth-order valence-corrected chi connectivity index (χ4v) is 2.49. The monoisotopic (exact) mass is 354 g/mol. The molecule has 2 rings (SSSR count). The zero-order valence-corrected chi connectivity index (χ0v) is 13.4. The molecule has 2 aromatic rings. The Balaban J connectivity index is 2.06.